The van der Waals surface area contributed by atoms with Gasteiger partial charge in [-0.2, -0.15) is 0 Å². The summed E-state index contributed by atoms with van der Waals surface area (Å²) in [5, 5.41) is 3.25. The second-order valence-electron chi connectivity index (χ2n) is 8.17. The number of esters is 2. The number of allylic oxidation sites excluding steroid dienone is 3. The predicted molar refractivity (Wildman–Crippen MR) is 119 cm³/mol. The molecular weight excluding hydrogens is 410 g/mol. The third-order valence-electron chi connectivity index (χ3n) is 5.92. The summed E-state index contributed by atoms with van der Waals surface area (Å²) in [7, 11) is 1.28. The van der Waals surface area contributed by atoms with Crippen LogP contribution >= 0.6 is 0 Å². The minimum atomic E-state index is -0.905. The zero-order valence-electron chi connectivity index (χ0n) is 19.3. The fourth-order valence-corrected chi connectivity index (χ4v) is 4.47. The summed E-state index contributed by atoms with van der Waals surface area (Å²) >= 11 is 0. The van der Waals surface area contributed by atoms with E-state index in [1.807, 2.05) is 45.0 Å². The maximum atomic E-state index is 13.6. The van der Waals surface area contributed by atoms with Crippen LogP contribution in [0.1, 0.15) is 52.0 Å². The van der Waals surface area contributed by atoms with E-state index in [9.17, 15) is 14.4 Å². The van der Waals surface area contributed by atoms with Crippen LogP contribution in [0, 0.1) is 11.8 Å². The van der Waals surface area contributed by atoms with Gasteiger partial charge in [-0.3, -0.25) is 9.59 Å². The number of methoxy groups -OCH3 is 1. The highest BCUT2D eigenvalue weighted by molar-refractivity contribution is 6.12. The molecule has 1 aromatic carbocycles. The summed E-state index contributed by atoms with van der Waals surface area (Å²) in [5.41, 5.74) is 2.95. The molecule has 0 saturated heterocycles. The third-order valence-corrected chi connectivity index (χ3v) is 5.92. The van der Waals surface area contributed by atoms with Crippen LogP contribution in [-0.4, -0.2) is 38.0 Å². The van der Waals surface area contributed by atoms with Crippen molar-refractivity contribution < 1.29 is 28.6 Å². The van der Waals surface area contributed by atoms with Crippen molar-refractivity contribution in [1.82, 2.24) is 5.32 Å². The summed E-state index contributed by atoms with van der Waals surface area (Å²) in [5.74, 6) is -2.41. The van der Waals surface area contributed by atoms with Crippen LogP contribution in [0.4, 0.5) is 0 Å². The van der Waals surface area contributed by atoms with Gasteiger partial charge < -0.3 is 19.5 Å². The predicted octanol–water partition coefficient (Wildman–Crippen LogP) is 3.65. The standard InChI is InChI=1S/C25H31NO6/c1-6-12-32-17-10-8-16(9-11-17)21-20(25(29)31-7-2)15(4)26-18-13-14(3)19(24(28)30-5)23(27)22(18)21/h8-11,14,19,21,26H,6-7,12-13H2,1-5H3/t14-,19-,21+/m0/s1. The van der Waals surface area contributed by atoms with Gasteiger partial charge in [0.1, 0.15) is 11.7 Å². The van der Waals surface area contributed by atoms with Crippen molar-refractivity contribution in [3.63, 3.8) is 0 Å². The molecule has 1 N–H and O–H groups in total. The van der Waals surface area contributed by atoms with Crippen LogP contribution in [-0.2, 0) is 23.9 Å². The highest BCUT2D eigenvalue weighted by atomic mass is 16.5. The summed E-state index contributed by atoms with van der Waals surface area (Å²) in [6, 6.07) is 7.38. The first kappa shape index (κ1) is 23.6. The van der Waals surface area contributed by atoms with Crippen molar-refractivity contribution in [2.75, 3.05) is 20.3 Å². The average molecular weight is 442 g/mol. The highest BCUT2D eigenvalue weighted by Crippen LogP contribution is 2.45. The number of dihydropyridines is 1. The van der Waals surface area contributed by atoms with Gasteiger partial charge in [-0.05, 0) is 50.3 Å². The topological polar surface area (TPSA) is 90.9 Å². The van der Waals surface area contributed by atoms with Crippen molar-refractivity contribution in [3.05, 3.63) is 52.4 Å². The van der Waals surface area contributed by atoms with Gasteiger partial charge in [0.15, 0.2) is 5.78 Å². The highest BCUT2D eigenvalue weighted by Gasteiger charge is 2.47. The molecule has 0 bridgehead atoms. The maximum Gasteiger partial charge on any atom is 0.336 e. The van der Waals surface area contributed by atoms with E-state index in [4.69, 9.17) is 14.2 Å². The van der Waals surface area contributed by atoms with E-state index in [2.05, 4.69) is 5.32 Å². The summed E-state index contributed by atoms with van der Waals surface area (Å²) < 4.78 is 15.9. The van der Waals surface area contributed by atoms with E-state index in [0.29, 0.717) is 35.6 Å². The minimum Gasteiger partial charge on any atom is -0.494 e. The molecule has 1 aliphatic carbocycles. The lowest BCUT2D eigenvalue weighted by atomic mass is 9.69. The molecule has 0 spiro atoms. The fourth-order valence-electron chi connectivity index (χ4n) is 4.47. The van der Waals surface area contributed by atoms with E-state index in [1.54, 1.807) is 6.92 Å². The van der Waals surface area contributed by atoms with Crippen LogP contribution in [0.2, 0.25) is 0 Å². The van der Waals surface area contributed by atoms with E-state index >= 15 is 0 Å². The molecule has 0 aromatic heterocycles. The van der Waals surface area contributed by atoms with Gasteiger partial charge in [0.25, 0.3) is 0 Å². The summed E-state index contributed by atoms with van der Waals surface area (Å²) in [6.45, 7) is 8.26. The van der Waals surface area contributed by atoms with Crippen molar-refractivity contribution in [2.24, 2.45) is 11.8 Å². The van der Waals surface area contributed by atoms with Crippen LogP contribution in [0.25, 0.3) is 0 Å². The molecule has 0 unspecified atom stereocenters. The number of rotatable bonds is 7. The number of carbonyl (C=O) groups is 3. The lowest BCUT2D eigenvalue weighted by Crippen LogP contribution is -2.43. The molecule has 0 fully saturated rings. The molecule has 0 radical (unpaired) electrons. The van der Waals surface area contributed by atoms with Gasteiger partial charge in [-0.15, -0.1) is 0 Å². The van der Waals surface area contributed by atoms with E-state index in [1.165, 1.54) is 7.11 Å². The van der Waals surface area contributed by atoms with Crippen LogP contribution < -0.4 is 10.1 Å². The molecule has 1 aliphatic heterocycles. The SMILES string of the molecule is CCCOc1ccc([C@@H]2C(C(=O)OCC)=C(C)NC3=C2C(=O)[C@@H](C(=O)OC)[C@@H](C)C3)cc1. The largest absolute Gasteiger partial charge is 0.494 e. The quantitative estimate of drug-likeness (QED) is 0.510. The number of benzene rings is 1. The number of hydrogen-bond donors (Lipinski definition) is 1. The number of nitrogens with one attached hydrogen (secondary N) is 1. The van der Waals surface area contributed by atoms with Gasteiger partial charge in [0.05, 0.1) is 25.9 Å². The Hall–Kier alpha value is -3.09. The molecule has 172 valence electrons. The summed E-state index contributed by atoms with van der Waals surface area (Å²) in [4.78, 5) is 39.0. The van der Waals surface area contributed by atoms with E-state index in [-0.39, 0.29) is 18.3 Å². The van der Waals surface area contributed by atoms with Crippen molar-refractivity contribution in [2.45, 2.75) is 46.5 Å². The van der Waals surface area contributed by atoms with Crippen LogP contribution in [0.5, 0.6) is 5.75 Å². The Kier molecular flexibility index (Phi) is 7.38. The molecule has 2 aliphatic rings. The molecular formula is C25H31NO6. The second-order valence-corrected chi connectivity index (χ2v) is 8.17. The maximum absolute atomic E-state index is 13.6. The Morgan fingerprint density at radius 2 is 1.84 bits per heavy atom. The number of hydrogen-bond acceptors (Lipinski definition) is 7. The van der Waals surface area contributed by atoms with Gasteiger partial charge in [0, 0.05) is 22.9 Å². The zero-order valence-corrected chi connectivity index (χ0v) is 19.3. The molecule has 3 rings (SSSR count). The first-order chi connectivity index (χ1) is 15.3. The minimum absolute atomic E-state index is 0.216. The molecule has 0 amide bonds. The number of ether oxygens (including phenoxy) is 3. The molecule has 0 saturated carbocycles. The Labute approximate surface area is 188 Å². The lowest BCUT2D eigenvalue weighted by Gasteiger charge is -2.38. The smallest absolute Gasteiger partial charge is 0.336 e. The van der Waals surface area contributed by atoms with Gasteiger partial charge in [0.2, 0.25) is 0 Å². The normalized spacial score (nSPS) is 22.8. The van der Waals surface area contributed by atoms with Crippen molar-refractivity contribution in [3.8, 4) is 5.75 Å². The molecule has 3 atom stereocenters. The number of ketones is 1. The molecule has 32 heavy (non-hydrogen) atoms. The lowest BCUT2D eigenvalue weighted by molar-refractivity contribution is -0.151. The van der Waals surface area contributed by atoms with Gasteiger partial charge in [-0.25, -0.2) is 4.79 Å². The number of carbonyl (C=O) groups excluding carboxylic acids is 3. The second kappa shape index (κ2) is 10.0. The van der Waals surface area contributed by atoms with Crippen LogP contribution in [0.15, 0.2) is 46.8 Å². The monoisotopic (exact) mass is 441 g/mol. The first-order valence-electron chi connectivity index (χ1n) is 11.1. The van der Waals surface area contributed by atoms with E-state index in [0.717, 1.165) is 17.7 Å². The average Bonchev–Trinajstić information content (AvgIpc) is 2.77. The zero-order chi connectivity index (χ0) is 23.4. The van der Waals surface area contributed by atoms with Crippen LogP contribution in [0.3, 0.4) is 0 Å². The van der Waals surface area contributed by atoms with Gasteiger partial charge in [-0.1, -0.05) is 26.0 Å². The van der Waals surface area contributed by atoms with Gasteiger partial charge >= 0.3 is 11.9 Å². The Balaban J connectivity index is 2.11. The Bertz CT molecular complexity index is 959. The summed E-state index contributed by atoms with van der Waals surface area (Å²) in [6.07, 6.45) is 1.39. The molecule has 7 nitrogen and oxygen atoms in total. The third kappa shape index (κ3) is 4.42. The Morgan fingerprint density at radius 1 is 1.16 bits per heavy atom. The van der Waals surface area contributed by atoms with Crippen molar-refractivity contribution in [1.29, 1.82) is 0 Å². The fraction of sp³-hybridized carbons (Fsp3) is 0.480. The molecule has 1 heterocycles. The van der Waals surface area contributed by atoms with E-state index < -0.39 is 23.8 Å². The Morgan fingerprint density at radius 3 is 2.44 bits per heavy atom. The van der Waals surface area contributed by atoms with Crippen molar-refractivity contribution >= 4 is 17.7 Å². The molecule has 1 aromatic rings. The number of Topliss-reactive ketones (excluding diaryl/α,β-unsaturated/α-hetero) is 1. The molecule has 7 heteroatoms. The first-order valence-corrected chi connectivity index (χ1v) is 11.1.